The lowest BCUT2D eigenvalue weighted by molar-refractivity contribution is -0.132. The van der Waals surface area contributed by atoms with E-state index < -0.39 is 11.5 Å². The van der Waals surface area contributed by atoms with E-state index in [-0.39, 0.29) is 5.75 Å². The Morgan fingerprint density at radius 2 is 1.86 bits per heavy atom. The molecule has 0 radical (unpaired) electrons. The third-order valence-electron chi connectivity index (χ3n) is 3.18. The Bertz CT molecular complexity index is 798. The monoisotopic (exact) mass is 301 g/mol. The molecule has 0 fully saturated rings. The van der Waals surface area contributed by atoms with Crippen LogP contribution in [-0.4, -0.2) is 17.1 Å². The van der Waals surface area contributed by atoms with Gasteiger partial charge in [-0.3, -0.25) is 9.59 Å². The zero-order valence-corrected chi connectivity index (χ0v) is 13.2. The van der Waals surface area contributed by atoms with E-state index in [9.17, 15) is 9.59 Å². The summed E-state index contributed by atoms with van der Waals surface area (Å²) in [5, 5.41) is 0.725. The number of rotatable bonds is 4. The number of allylic oxidation sites excluding steroid dienone is 1. The van der Waals surface area contributed by atoms with Crippen LogP contribution >= 0.6 is 0 Å². The first kappa shape index (κ1) is 15.8. The first-order chi connectivity index (χ1) is 10.4. The number of pyridine rings is 1. The molecule has 0 amide bonds. The predicted molar refractivity (Wildman–Crippen MR) is 85.4 cm³/mol. The average Bonchev–Trinajstić information content (AvgIpc) is 2.47. The van der Waals surface area contributed by atoms with Gasteiger partial charge in [-0.25, -0.2) is 0 Å². The van der Waals surface area contributed by atoms with Crippen LogP contribution in [0.25, 0.3) is 10.9 Å². The smallest absolute Gasteiger partial charge is 0.308 e. The molecule has 1 heterocycles. The molecule has 0 atom stereocenters. The molecular formula is C17H19NO4. The van der Waals surface area contributed by atoms with E-state index in [2.05, 4.69) is 0 Å². The summed E-state index contributed by atoms with van der Waals surface area (Å²) in [7, 11) is 1.64. The van der Waals surface area contributed by atoms with Crippen LogP contribution in [0.2, 0.25) is 0 Å². The van der Waals surface area contributed by atoms with Crippen LogP contribution in [0.4, 0.5) is 0 Å². The molecule has 0 aliphatic heterocycles. The van der Waals surface area contributed by atoms with Crippen LogP contribution in [0.15, 0.2) is 40.7 Å². The SMILES string of the molecule is CC(=O)Oc1c(OCC=C(C)C)c2ccccc2n(C)c1=O. The van der Waals surface area contributed by atoms with Gasteiger partial charge in [0.1, 0.15) is 6.61 Å². The van der Waals surface area contributed by atoms with Crippen LogP contribution in [0.3, 0.4) is 0 Å². The molecule has 22 heavy (non-hydrogen) atoms. The highest BCUT2D eigenvalue weighted by molar-refractivity contribution is 5.88. The zero-order chi connectivity index (χ0) is 16.3. The van der Waals surface area contributed by atoms with Gasteiger partial charge in [0, 0.05) is 19.4 Å². The van der Waals surface area contributed by atoms with E-state index in [1.54, 1.807) is 7.05 Å². The molecule has 1 aromatic carbocycles. The third-order valence-corrected chi connectivity index (χ3v) is 3.18. The van der Waals surface area contributed by atoms with Crippen molar-refractivity contribution in [1.29, 1.82) is 0 Å². The van der Waals surface area contributed by atoms with Crippen LogP contribution in [-0.2, 0) is 11.8 Å². The summed E-state index contributed by atoms with van der Waals surface area (Å²) in [4.78, 5) is 23.7. The van der Waals surface area contributed by atoms with Gasteiger partial charge < -0.3 is 14.0 Å². The van der Waals surface area contributed by atoms with Gasteiger partial charge in [-0.2, -0.15) is 0 Å². The second-order valence-electron chi connectivity index (χ2n) is 5.23. The molecule has 0 saturated heterocycles. The number of hydrogen-bond donors (Lipinski definition) is 0. The average molecular weight is 301 g/mol. The summed E-state index contributed by atoms with van der Waals surface area (Å²) in [5.41, 5.74) is 1.42. The van der Waals surface area contributed by atoms with E-state index in [1.165, 1.54) is 11.5 Å². The fraction of sp³-hybridized carbons (Fsp3) is 0.294. The van der Waals surface area contributed by atoms with E-state index >= 15 is 0 Å². The Labute approximate surface area is 128 Å². The van der Waals surface area contributed by atoms with Gasteiger partial charge in [-0.1, -0.05) is 17.7 Å². The van der Waals surface area contributed by atoms with Gasteiger partial charge in [0.2, 0.25) is 5.75 Å². The predicted octanol–water partition coefficient (Wildman–Crippen LogP) is 2.81. The van der Waals surface area contributed by atoms with E-state index in [4.69, 9.17) is 9.47 Å². The van der Waals surface area contributed by atoms with Crippen molar-refractivity contribution in [3.63, 3.8) is 0 Å². The highest BCUT2D eigenvalue weighted by Gasteiger charge is 2.19. The summed E-state index contributed by atoms with van der Waals surface area (Å²) in [6, 6.07) is 7.34. The molecule has 0 bridgehead atoms. The van der Waals surface area contributed by atoms with E-state index in [1.807, 2.05) is 44.2 Å². The number of hydrogen-bond acceptors (Lipinski definition) is 4. The first-order valence-corrected chi connectivity index (χ1v) is 6.98. The number of carbonyl (C=O) groups excluding carboxylic acids is 1. The van der Waals surface area contributed by atoms with Crippen molar-refractivity contribution in [2.24, 2.45) is 7.05 Å². The maximum Gasteiger partial charge on any atom is 0.308 e. The largest absolute Gasteiger partial charge is 0.485 e. The fourth-order valence-electron chi connectivity index (χ4n) is 2.11. The summed E-state index contributed by atoms with van der Waals surface area (Å²) in [6.07, 6.45) is 1.89. The van der Waals surface area contributed by atoms with Crippen molar-refractivity contribution in [2.45, 2.75) is 20.8 Å². The van der Waals surface area contributed by atoms with Gasteiger partial charge in [0.05, 0.1) is 5.52 Å². The van der Waals surface area contributed by atoms with Gasteiger partial charge in [0.15, 0.2) is 5.75 Å². The Hall–Kier alpha value is -2.56. The number of aromatic nitrogens is 1. The Morgan fingerprint density at radius 3 is 2.50 bits per heavy atom. The lowest BCUT2D eigenvalue weighted by Gasteiger charge is -2.15. The topological polar surface area (TPSA) is 57.5 Å². The van der Waals surface area contributed by atoms with Crippen molar-refractivity contribution in [2.75, 3.05) is 6.61 Å². The normalized spacial score (nSPS) is 10.4. The Kier molecular flexibility index (Phi) is 4.65. The minimum atomic E-state index is -0.556. The van der Waals surface area contributed by atoms with E-state index in [0.29, 0.717) is 12.4 Å². The Balaban J connectivity index is 2.67. The first-order valence-electron chi connectivity index (χ1n) is 6.98. The molecule has 5 heteroatoms. The maximum atomic E-state index is 12.4. The molecule has 0 unspecified atom stereocenters. The molecule has 5 nitrogen and oxygen atoms in total. The maximum absolute atomic E-state index is 12.4. The summed E-state index contributed by atoms with van der Waals surface area (Å²) >= 11 is 0. The minimum absolute atomic E-state index is 0.0733. The van der Waals surface area contributed by atoms with Crippen molar-refractivity contribution >= 4 is 16.9 Å². The van der Waals surface area contributed by atoms with Crippen molar-refractivity contribution in [3.8, 4) is 11.5 Å². The van der Waals surface area contributed by atoms with Gasteiger partial charge >= 0.3 is 5.97 Å². The molecular weight excluding hydrogens is 282 g/mol. The molecule has 0 aliphatic rings. The molecule has 0 saturated carbocycles. The molecule has 2 rings (SSSR count). The number of esters is 1. The molecule has 0 spiro atoms. The lowest BCUT2D eigenvalue weighted by atomic mass is 10.2. The van der Waals surface area contributed by atoms with Gasteiger partial charge in [-0.15, -0.1) is 0 Å². The molecule has 0 N–H and O–H groups in total. The van der Waals surface area contributed by atoms with Crippen molar-refractivity contribution in [1.82, 2.24) is 4.57 Å². The number of ether oxygens (including phenoxy) is 2. The highest BCUT2D eigenvalue weighted by Crippen LogP contribution is 2.32. The standard InChI is InChI=1S/C17H19NO4/c1-11(2)9-10-21-15-13-7-5-6-8-14(13)18(4)17(20)16(15)22-12(3)19/h5-9H,10H2,1-4H3. The summed E-state index contributed by atoms with van der Waals surface area (Å²) in [5.74, 6) is -0.332. The molecule has 0 aliphatic carbocycles. The Morgan fingerprint density at radius 1 is 1.18 bits per heavy atom. The zero-order valence-electron chi connectivity index (χ0n) is 13.2. The molecule has 1 aromatic heterocycles. The number of carbonyl (C=O) groups is 1. The van der Waals surface area contributed by atoms with Crippen LogP contribution < -0.4 is 15.0 Å². The quantitative estimate of drug-likeness (QED) is 0.643. The van der Waals surface area contributed by atoms with Crippen LogP contribution in [0, 0.1) is 0 Å². The fourth-order valence-corrected chi connectivity index (χ4v) is 2.11. The third kappa shape index (κ3) is 3.19. The van der Waals surface area contributed by atoms with Crippen molar-refractivity contribution < 1.29 is 14.3 Å². The minimum Gasteiger partial charge on any atom is -0.485 e. The van der Waals surface area contributed by atoms with Crippen LogP contribution in [0.1, 0.15) is 20.8 Å². The van der Waals surface area contributed by atoms with Crippen LogP contribution in [0.5, 0.6) is 11.5 Å². The van der Waals surface area contributed by atoms with E-state index in [0.717, 1.165) is 16.5 Å². The van der Waals surface area contributed by atoms with Gasteiger partial charge in [-0.05, 0) is 32.1 Å². The molecule has 116 valence electrons. The second kappa shape index (κ2) is 6.47. The number of aryl methyl sites for hydroxylation is 1. The highest BCUT2D eigenvalue weighted by atomic mass is 16.6. The van der Waals surface area contributed by atoms with Gasteiger partial charge in [0.25, 0.3) is 5.56 Å². The number of fused-ring (bicyclic) bond motifs is 1. The molecule has 2 aromatic rings. The number of benzene rings is 1. The van der Waals surface area contributed by atoms with Crippen molar-refractivity contribution in [3.05, 3.63) is 46.3 Å². The summed E-state index contributed by atoms with van der Waals surface area (Å²) in [6.45, 7) is 5.47. The number of para-hydroxylation sites is 1. The number of nitrogens with zero attached hydrogens (tertiary/aromatic N) is 1. The second-order valence-corrected chi connectivity index (χ2v) is 5.23. The lowest BCUT2D eigenvalue weighted by Crippen LogP contribution is -2.22. The summed E-state index contributed by atoms with van der Waals surface area (Å²) < 4.78 is 12.3.